The van der Waals surface area contributed by atoms with Crippen LogP contribution in [-0.2, 0) is 19.0 Å². The van der Waals surface area contributed by atoms with E-state index in [2.05, 4.69) is 5.10 Å². The Hall–Kier alpha value is -3.44. The van der Waals surface area contributed by atoms with Crippen LogP contribution in [0.5, 0.6) is 0 Å². The van der Waals surface area contributed by atoms with E-state index in [-0.39, 0.29) is 11.4 Å². The zero-order chi connectivity index (χ0) is 25.0. The number of aromatic nitrogens is 2. The standard InChI is InChI=1S/C27H23F4N3O/c1-25-14-19-16-33-34(23-6-4-22(28)5-7-23)24(19)13-20(25)9-11-26(25,35)10-8-17-2-3-21(27(29,30)31)12-18(17)15-32/h2-7,12-13,16,35H,8-11,14H2,1H3/t25-,26-/m0/s1. The summed E-state index contributed by atoms with van der Waals surface area (Å²) in [5, 5.41) is 25.7. The molecule has 0 unspecified atom stereocenters. The number of alkyl halides is 3. The zero-order valence-corrected chi connectivity index (χ0v) is 19.0. The van der Waals surface area contributed by atoms with E-state index < -0.39 is 22.8 Å². The third kappa shape index (κ3) is 3.84. The van der Waals surface area contributed by atoms with Crippen LogP contribution in [0.4, 0.5) is 17.6 Å². The third-order valence-corrected chi connectivity index (χ3v) is 7.72. The molecule has 0 radical (unpaired) electrons. The average molecular weight is 481 g/mol. The van der Waals surface area contributed by atoms with Crippen molar-refractivity contribution >= 4 is 6.08 Å². The Kier molecular flexibility index (Phi) is 5.37. The van der Waals surface area contributed by atoms with E-state index in [1.54, 1.807) is 23.0 Å². The molecule has 1 heterocycles. The van der Waals surface area contributed by atoms with Crippen LogP contribution in [0.1, 0.15) is 54.1 Å². The number of hydrogen-bond acceptors (Lipinski definition) is 3. The van der Waals surface area contributed by atoms with Crippen molar-refractivity contribution in [2.24, 2.45) is 5.41 Å². The number of benzene rings is 2. The molecule has 0 amide bonds. The summed E-state index contributed by atoms with van der Waals surface area (Å²) in [7, 11) is 0. The van der Waals surface area contributed by atoms with E-state index in [0.717, 1.165) is 34.7 Å². The summed E-state index contributed by atoms with van der Waals surface area (Å²) in [6.07, 6.45) is 1.67. The summed E-state index contributed by atoms with van der Waals surface area (Å²) in [5.74, 6) is -0.325. The van der Waals surface area contributed by atoms with Gasteiger partial charge >= 0.3 is 6.18 Å². The Labute approximate surface area is 200 Å². The van der Waals surface area contributed by atoms with Gasteiger partial charge in [-0.25, -0.2) is 9.07 Å². The molecule has 1 saturated carbocycles. The quantitative estimate of drug-likeness (QED) is 0.465. The van der Waals surface area contributed by atoms with Crippen LogP contribution in [-0.4, -0.2) is 20.5 Å². The maximum atomic E-state index is 13.4. The van der Waals surface area contributed by atoms with E-state index in [9.17, 15) is 27.9 Å². The van der Waals surface area contributed by atoms with Gasteiger partial charge in [-0.05, 0) is 85.7 Å². The minimum atomic E-state index is -4.51. The van der Waals surface area contributed by atoms with Crippen molar-refractivity contribution in [3.05, 3.63) is 88.0 Å². The van der Waals surface area contributed by atoms with Crippen LogP contribution < -0.4 is 0 Å². The maximum absolute atomic E-state index is 13.4. The molecule has 1 fully saturated rings. The lowest BCUT2D eigenvalue weighted by Crippen LogP contribution is -2.45. The van der Waals surface area contributed by atoms with Gasteiger partial charge in [0, 0.05) is 5.41 Å². The molecule has 2 atom stereocenters. The second kappa shape index (κ2) is 8.06. The highest BCUT2D eigenvalue weighted by atomic mass is 19.4. The Morgan fingerprint density at radius 1 is 1.17 bits per heavy atom. The minimum Gasteiger partial charge on any atom is -0.389 e. The third-order valence-electron chi connectivity index (χ3n) is 7.72. The first-order valence-electron chi connectivity index (χ1n) is 11.4. The number of halogens is 4. The second-order valence-corrected chi connectivity index (χ2v) is 9.63. The fourth-order valence-corrected chi connectivity index (χ4v) is 5.53. The molecule has 4 nitrogen and oxygen atoms in total. The topological polar surface area (TPSA) is 61.8 Å². The Bertz CT molecular complexity index is 1370. The van der Waals surface area contributed by atoms with Gasteiger partial charge < -0.3 is 5.11 Å². The molecule has 180 valence electrons. The molecule has 2 aliphatic rings. The molecule has 2 aromatic carbocycles. The van der Waals surface area contributed by atoms with Crippen LogP contribution in [0.3, 0.4) is 0 Å². The number of nitriles is 1. The van der Waals surface area contributed by atoms with Gasteiger partial charge in [0.05, 0.1) is 40.4 Å². The average Bonchev–Trinajstić information content (AvgIpc) is 3.33. The molecular formula is C27H23F4N3O. The molecule has 1 aromatic heterocycles. The molecule has 3 aromatic rings. The molecule has 8 heteroatoms. The molecule has 5 rings (SSSR count). The van der Waals surface area contributed by atoms with Crippen molar-refractivity contribution in [3.63, 3.8) is 0 Å². The zero-order valence-electron chi connectivity index (χ0n) is 19.0. The predicted octanol–water partition coefficient (Wildman–Crippen LogP) is 6.01. The van der Waals surface area contributed by atoms with E-state index in [4.69, 9.17) is 0 Å². The second-order valence-electron chi connectivity index (χ2n) is 9.63. The number of hydrogen-bond donors (Lipinski definition) is 1. The van der Waals surface area contributed by atoms with Gasteiger partial charge in [-0.1, -0.05) is 18.6 Å². The van der Waals surface area contributed by atoms with Crippen molar-refractivity contribution in [1.82, 2.24) is 9.78 Å². The maximum Gasteiger partial charge on any atom is 0.416 e. The number of fused-ring (bicyclic) bond motifs is 2. The lowest BCUT2D eigenvalue weighted by atomic mass is 9.65. The molecule has 35 heavy (non-hydrogen) atoms. The molecule has 0 saturated heterocycles. The minimum absolute atomic E-state index is 0.0196. The van der Waals surface area contributed by atoms with Crippen molar-refractivity contribution < 1.29 is 22.7 Å². The Morgan fingerprint density at radius 3 is 2.60 bits per heavy atom. The molecule has 0 bridgehead atoms. The van der Waals surface area contributed by atoms with Crippen LogP contribution in [0.25, 0.3) is 11.8 Å². The Balaban J connectivity index is 1.41. The summed E-state index contributed by atoms with van der Waals surface area (Å²) in [4.78, 5) is 0. The number of rotatable bonds is 4. The SMILES string of the molecule is C[C@]12Cc3cnn(-c4ccc(F)cc4)c3C=C1CC[C@@]2(O)CCc1ccc(C(F)(F)F)cc1C#N. The van der Waals surface area contributed by atoms with Crippen molar-refractivity contribution in [2.75, 3.05) is 0 Å². The summed E-state index contributed by atoms with van der Waals surface area (Å²) in [6, 6.07) is 11.2. The predicted molar refractivity (Wildman–Crippen MR) is 122 cm³/mol. The van der Waals surface area contributed by atoms with E-state index in [0.29, 0.717) is 37.7 Å². The van der Waals surface area contributed by atoms with Gasteiger partial charge in [-0.3, -0.25) is 0 Å². The smallest absolute Gasteiger partial charge is 0.389 e. The number of aryl methyl sites for hydroxylation is 1. The summed E-state index contributed by atoms with van der Waals surface area (Å²) in [5.41, 5.74) is 1.68. The molecule has 0 aliphatic heterocycles. The largest absolute Gasteiger partial charge is 0.416 e. The van der Waals surface area contributed by atoms with E-state index in [1.807, 2.05) is 19.1 Å². The monoisotopic (exact) mass is 481 g/mol. The van der Waals surface area contributed by atoms with E-state index in [1.165, 1.54) is 18.2 Å². The highest BCUT2D eigenvalue weighted by Gasteiger charge is 2.54. The molecule has 1 N–H and O–H groups in total. The number of nitrogens with zero attached hydrogens (tertiary/aromatic N) is 3. The summed E-state index contributed by atoms with van der Waals surface area (Å²) < 4.78 is 54.2. The van der Waals surface area contributed by atoms with Gasteiger partial charge in [0.25, 0.3) is 0 Å². The number of aliphatic hydroxyl groups is 1. The fraction of sp³-hybridized carbons (Fsp3) is 0.333. The Morgan fingerprint density at radius 2 is 1.91 bits per heavy atom. The van der Waals surface area contributed by atoms with E-state index >= 15 is 0 Å². The molecule has 2 aliphatic carbocycles. The molecular weight excluding hydrogens is 458 g/mol. The highest BCUT2D eigenvalue weighted by Crippen LogP contribution is 2.57. The van der Waals surface area contributed by atoms with Crippen LogP contribution in [0.2, 0.25) is 0 Å². The van der Waals surface area contributed by atoms with Gasteiger partial charge in [-0.15, -0.1) is 0 Å². The van der Waals surface area contributed by atoms with Crippen molar-refractivity contribution in [2.45, 2.75) is 50.8 Å². The van der Waals surface area contributed by atoms with Gasteiger partial charge in [0.15, 0.2) is 0 Å². The highest BCUT2D eigenvalue weighted by molar-refractivity contribution is 5.62. The first kappa shape index (κ1) is 23.3. The summed E-state index contributed by atoms with van der Waals surface area (Å²) in [6.45, 7) is 2.02. The van der Waals surface area contributed by atoms with Crippen molar-refractivity contribution in [1.29, 1.82) is 5.26 Å². The normalized spacial score (nSPS) is 23.4. The molecule has 0 spiro atoms. The van der Waals surface area contributed by atoms with Crippen LogP contribution in [0, 0.1) is 22.6 Å². The fourth-order valence-electron chi connectivity index (χ4n) is 5.53. The van der Waals surface area contributed by atoms with Crippen LogP contribution in [0.15, 0.2) is 54.2 Å². The van der Waals surface area contributed by atoms with Gasteiger partial charge in [0.1, 0.15) is 5.82 Å². The van der Waals surface area contributed by atoms with Crippen molar-refractivity contribution in [3.8, 4) is 11.8 Å². The van der Waals surface area contributed by atoms with Gasteiger partial charge in [0.2, 0.25) is 0 Å². The first-order chi connectivity index (χ1) is 16.5. The summed E-state index contributed by atoms with van der Waals surface area (Å²) >= 11 is 0. The lowest BCUT2D eigenvalue weighted by Gasteiger charge is -2.42. The van der Waals surface area contributed by atoms with Gasteiger partial charge in [-0.2, -0.15) is 23.5 Å². The van der Waals surface area contributed by atoms with Crippen LogP contribution >= 0.6 is 0 Å². The lowest BCUT2D eigenvalue weighted by molar-refractivity contribution is -0.137. The first-order valence-corrected chi connectivity index (χ1v) is 11.4.